The topological polar surface area (TPSA) is 99.1 Å². The fourth-order valence-corrected chi connectivity index (χ4v) is 10.7. The van der Waals surface area contributed by atoms with Crippen molar-refractivity contribution in [1.82, 2.24) is 10.2 Å². The predicted octanol–water partition coefficient (Wildman–Crippen LogP) is 7.10. The molecule has 10 atom stereocenters. The van der Waals surface area contributed by atoms with E-state index >= 15 is 0 Å². The van der Waals surface area contributed by atoms with Crippen LogP contribution in [0.4, 0.5) is 4.79 Å². The Balaban J connectivity index is 1.01. The standard InChI is InChI=1S/C38H64N2O5/c1-25(2)9-8-10-26(3)33-16-17-34-32-14-12-27-21-29(13-15-30(27)31(32)18-19-38(33,34)4)45-37(44)39-20-7-5-6-11-36(43)40-22-28(24-41)35(42)23-40/h12,25-26,28-35,41-42H,5-11,13-24H2,1-4H3,(H,39,44). The van der Waals surface area contributed by atoms with Gasteiger partial charge in [-0.3, -0.25) is 4.79 Å². The molecule has 45 heavy (non-hydrogen) atoms. The van der Waals surface area contributed by atoms with Crippen LogP contribution in [0.3, 0.4) is 0 Å². The van der Waals surface area contributed by atoms with Gasteiger partial charge in [0.1, 0.15) is 6.10 Å². The van der Waals surface area contributed by atoms with E-state index in [1.165, 1.54) is 51.4 Å². The number of β-amino-alcohol motifs (C(OH)–C–C–N with tert-alkyl or cyclic N) is 1. The summed E-state index contributed by atoms with van der Waals surface area (Å²) in [7, 11) is 0. The molecule has 1 heterocycles. The van der Waals surface area contributed by atoms with Crippen molar-refractivity contribution in [3.8, 4) is 0 Å². The molecule has 1 saturated heterocycles. The number of hydrogen-bond acceptors (Lipinski definition) is 5. The lowest BCUT2D eigenvalue weighted by molar-refractivity contribution is -0.130. The third-order valence-electron chi connectivity index (χ3n) is 13.2. The number of nitrogens with zero attached hydrogens (tertiary/aromatic N) is 1. The second-order valence-corrected chi connectivity index (χ2v) is 16.4. The molecule has 0 aromatic heterocycles. The van der Waals surface area contributed by atoms with Crippen LogP contribution in [0.2, 0.25) is 0 Å². The van der Waals surface area contributed by atoms with Crippen LogP contribution in [-0.2, 0) is 9.53 Å². The average molecular weight is 629 g/mol. The summed E-state index contributed by atoms with van der Waals surface area (Å²) < 4.78 is 5.90. The lowest BCUT2D eigenvalue weighted by atomic mass is 9.51. The molecule has 5 aliphatic rings. The first-order chi connectivity index (χ1) is 21.6. The van der Waals surface area contributed by atoms with Crippen molar-refractivity contribution in [2.75, 3.05) is 26.2 Å². The first-order valence-electron chi connectivity index (χ1n) is 18.8. The van der Waals surface area contributed by atoms with Crippen LogP contribution in [0.5, 0.6) is 0 Å². The maximum absolute atomic E-state index is 12.6. The van der Waals surface area contributed by atoms with Gasteiger partial charge in [-0.1, -0.05) is 65.0 Å². The Hall–Kier alpha value is -1.60. The van der Waals surface area contributed by atoms with Crippen molar-refractivity contribution in [2.45, 2.75) is 136 Å². The highest BCUT2D eigenvalue weighted by Gasteiger charge is 2.56. The third kappa shape index (κ3) is 8.11. The van der Waals surface area contributed by atoms with Gasteiger partial charge in [0.15, 0.2) is 0 Å². The molecule has 10 unspecified atom stereocenters. The number of rotatable bonds is 13. The van der Waals surface area contributed by atoms with E-state index in [-0.39, 0.29) is 30.6 Å². The number of unbranched alkanes of at least 4 members (excludes halogenated alkanes) is 2. The SMILES string of the molecule is CC(C)CCCC(C)C1CCC2C3CC=C4CC(OC(=O)NCCCCCC(=O)N5CC(O)C(CO)C5)CCC4C3CCC12C. The second kappa shape index (κ2) is 15.5. The summed E-state index contributed by atoms with van der Waals surface area (Å²) in [5.41, 5.74) is 2.10. The molecule has 256 valence electrons. The average Bonchev–Trinajstić information content (AvgIpc) is 3.57. The largest absolute Gasteiger partial charge is 0.446 e. The van der Waals surface area contributed by atoms with Crippen molar-refractivity contribution in [3.63, 3.8) is 0 Å². The summed E-state index contributed by atoms with van der Waals surface area (Å²) in [4.78, 5) is 26.6. The highest BCUT2D eigenvalue weighted by Crippen LogP contribution is 2.64. The highest BCUT2D eigenvalue weighted by atomic mass is 16.6. The van der Waals surface area contributed by atoms with Crippen molar-refractivity contribution < 1.29 is 24.5 Å². The van der Waals surface area contributed by atoms with Crippen LogP contribution in [0, 0.1) is 52.8 Å². The zero-order chi connectivity index (χ0) is 32.1. The van der Waals surface area contributed by atoms with Gasteiger partial charge >= 0.3 is 6.09 Å². The number of aliphatic hydroxyl groups excluding tert-OH is 2. The molecule has 4 fully saturated rings. The van der Waals surface area contributed by atoms with Crippen LogP contribution in [0.15, 0.2) is 11.6 Å². The minimum atomic E-state index is -0.628. The van der Waals surface area contributed by atoms with Crippen LogP contribution >= 0.6 is 0 Å². The monoisotopic (exact) mass is 628 g/mol. The van der Waals surface area contributed by atoms with Crippen molar-refractivity contribution in [3.05, 3.63) is 11.6 Å². The third-order valence-corrected chi connectivity index (χ3v) is 13.2. The van der Waals surface area contributed by atoms with Crippen molar-refractivity contribution in [1.29, 1.82) is 0 Å². The number of carbonyl (C=O) groups is 2. The lowest BCUT2D eigenvalue weighted by Gasteiger charge is -2.54. The number of likely N-dealkylation sites (tertiary alicyclic amines) is 1. The first kappa shape index (κ1) is 34.7. The molecule has 0 spiro atoms. The number of alkyl carbamates (subject to hydrolysis) is 1. The molecule has 7 nitrogen and oxygen atoms in total. The van der Waals surface area contributed by atoms with Gasteiger partial charge in [0, 0.05) is 38.4 Å². The van der Waals surface area contributed by atoms with Crippen LogP contribution < -0.4 is 5.32 Å². The van der Waals surface area contributed by atoms with Gasteiger partial charge in [0.25, 0.3) is 0 Å². The summed E-state index contributed by atoms with van der Waals surface area (Å²) in [6.45, 7) is 11.1. The van der Waals surface area contributed by atoms with E-state index in [0.717, 1.165) is 74.0 Å². The van der Waals surface area contributed by atoms with Crippen LogP contribution in [-0.4, -0.2) is 65.6 Å². The van der Waals surface area contributed by atoms with E-state index in [1.807, 2.05) is 0 Å². The molecule has 0 radical (unpaired) electrons. The fourth-order valence-electron chi connectivity index (χ4n) is 10.7. The molecule has 3 N–H and O–H groups in total. The number of amides is 2. The van der Waals surface area contributed by atoms with Gasteiger partial charge < -0.3 is 25.2 Å². The Morgan fingerprint density at radius 1 is 1.02 bits per heavy atom. The van der Waals surface area contributed by atoms with E-state index < -0.39 is 6.10 Å². The smallest absolute Gasteiger partial charge is 0.407 e. The molecule has 7 heteroatoms. The van der Waals surface area contributed by atoms with E-state index in [9.17, 15) is 19.8 Å². The number of ether oxygens (including phenoxy) is 1. The summed E-state index contributed by atoms with van der Waals surface area (Å²) >= 11 is 0. The number of allylic oxidation sites excluding steroid dienone is 1. The quantitative estimate of drug-likeness (QED) is 0.149. The second-order valence-electron chi connectivity index (χ2n) is 16.4. The fraction of sp³-hybridized carbons (Fsp3) is 0.895. The van der Waals surface area contributed by atoms with Crippen molar-refractivity contribution >= 4 is 12.0 Å². The van der Waals surface area contributed by atoms with Gasteiger partial charge in [0.2, 0.25) is 5.91 Å². The Morgan fingerprint density at radius 2 is 1.84 bits per heavy atom. The maximum Gasteiger partial charge on any atom is 0.407 e. The van der Waals surface area contributed by atoms with Crippen LogP contribution in [0.1, 0.15) is 124 Å². The number of nitrogens with one attached hydrogen (secondary N) is 1. The van der Waals surface area contributed by atoms with E-state index in [4.69, 9.17) is 4.74 Å². The van der Waals surface area contributed by atoms with Gasteiger partial charge in [-0.25, -0.2) is 4.79 Å². The number of hydrogen-bond donors (Lipinski definition) is 3. The number of carbonyl (C=O) groups excluding carboxylic acids is 2. The molecule has 0 bridgehead atoms. The summed E-state index contributed by atoms with van der Waals surface area (Å²) in [6.07, 6.45) is 18.6. The Bertz CT molecular complexity index is 1030. The maximum atomic E-state index is 12.6. The summed E-state index contributed by atoms with van der Waals surface area (Å²) in [5, 5.41) is 22.1. The zero-order valence-corrected chi connectivity index (χ0v) is 28.9. The molecule has 0 aromatic rings. The molecule has 3 saturated carbocycles. The molecule has 5 rings (SSSR count). The molecule has 4 aliphatic carbocycles. The van der Waals surface area contributed by atoms with Gasteiger partial charge in [-0.15, -0.1) is 0 Å². The molecular formula is C38H64N2O5. The summed E-state index contributed by atoms with van der Waals surface area (Å²) in [6, 6.07) is 0. The molecular weight excluding hydrogens is 564 g/mol. The molecule has 0 aromatic carbocycles. The van der Waals surface area contributed by atoms with E-state index in [1.54, 1.807) is 10.5 Å². The predicted molar refractivity (Wildman–Crippen MR) is 178 cm³/mol. The number of aliphatic hydroxyl groups is 2. The lowest BCUT2D eigenvalue weighted by Crippen LogP contribution is -2.47. The van der Waals surface area contributed by atoms with Gasteiger partial charge in [-0.05, 0) is 105 Å². The Labute approximate surface area is 273 Å². The number of fused-ring (bicyclic) bond motifs is 5. The van der Waals surface area contributed by atoms with Crippen molar-refractivity contribution in [2.24, 2.45) is 52.8 Å². The first-order valence-corrected chi connectivity index (χ1v) is 18.8. The minimum absolute atomic E-state index is 0.0170. The van der Waals surface area contributed by atoms with E-state index in [0.29, 0.717) is 37.4 Å². The highest BCUT2D eigenvalue weighted by molar-refractivity contribution is 5.76. The summed E-state index contributed by atoms with van der Waals surface area (Å²) in [5.74, 6) is 5.63. The van der Waals surface area contributed by atoms with E-state index in [2.05, 4.69) is 39.1 Å². The van der Waals surface area contributed by atoms with Crippen LogP contribution in [0.25, 0.3) is 0 Å². The van der Waals surface area contributed by atoms with Gasteiger partial charge in [-0.2, -0.15) is 0 Å². The van der Waals surface area contributed by atoms with Gasteiger partial charge in [0.05, 0.1) is 12.7 Å². The molecule has 2 amide bonds. The molecule has 1 aliphatic heterocycles. The normalized spacial score (nSPS) is 36.6. The Kier molecular flexibility index (Phi) is 12.0. The zero-order valence-electron chi connectivity index (χ0n) is 28.9. The Morgan fingerprint density at radius 3 is 2.60 bits per heavy atom. The minimum Gasteiger partial charge on any atom is -0.446 e.